The Balaban J connectivity index is 1.91. The molecule has 1 aromatic rings. The summed E-state index contributed by atoms with van der Waals surface area (Å²) in [6.45, 7) is 0. The lowest BCUT2D eigenvalue weighted by Gasteiger charge is -2.33. The number of nitro groups is 1. The maximum atomic E-state index is 11.7. The Morgan fingerprint density at radius 3 is 2.39 bits per heavy atom. The van der Waals surface area contributed by atoms with Gasteiger partial charge in [-0.2, -0.15) is 0 Å². The van der Waals surface area contributed by atoms with Gasteiger partial charge in [-0.3, -0.25) is 10.1 Å². The van der Waals surface area contributed by atoms with Crippen molar-refractivity contribution in [3.05, 3.63) is 39.9 Å². The number of esters is 1. The van der Waals surface area contributed by atoms with Crippen LogP contribution in [0.1, 0.15) is 23.2 Å². The zero-order valence-electron chi connectivity index (χ0n) is 9.87. The molecule has 1 aliphatic rings. The first kappa shape index (κ1) is 12.5. The van der Waals surface area contributed by atoms with E-state index in [4.69, 9.17) is 9.47 Å². The second-order valence-corrected chi connectivity index (χ2v) is 4.16. The van der Waals surface area contributed by atoms with Crippen molar-refractivity contribution in [2.75, 3.05) is 7.11 Å². The molecule has 0 unspecified atom stereocenters. The topological polar surface area (TPSA) is 78.7 Å². The van der Waals surface area contributed by atoms with Crippen molar-refractivity contribution in [2.24, 2.45) is 0 Å². The summed E-state index contributed by atoms with van der Waals surface area (Å²) in [7, 11) is 1.62. The standard InChI is InChI=1S/C12H13NO5/c1-17-10-6-11(7-10)18-12(14)8-2-4-9(5-3-8)13(15)16/h2-5,10-11H,6-7H2,1H3/t10-,11+. The van der Waals surface area contributed by atoms with Crippen LogP contribution in [0.4, 0.5) is 5.69 Å². The van der Waals surface area contributed by atoms with Crippen LogP contribution in [0.5, 0.6) is 0 Å². The van der Waals surface area contributed by atoms with Crippen molar-refractivity contribution in [3.8, 4) is 0 Å². The van der Waals surface area contributed by atoms with Gasteiger partial charge in [0.15, 0.2) is 0 Å². The predicted molar refractivity (Wildman–Crippen MR) is 62.3 cm³/mol. The van der Waals surface area contributed by atoms with Crippen molar-refractivity contribution >= 4 is 11.7 Å². The Bertz CT molecular complexity index is 450. The van der Waals surface area contributed by atoms with Gasteiger partial charge in [0, 0.05) is 32.1 Å². The molecule has 0 atom stereocenters. The molecule has 0 bridgehead atoms. The zero-order valence-corrected chi connectivity index (χ0v) is 9.87. The van der Waals surface area contributed by atoms with E-state index in [9.17, 15) is 14.9 Å². The zero-order chi connectivity index (χ0) is 13.1. The van der Waals surface area contributed by atoms with Crippen LogP contribution in [0.2, 0.25) is 0 Å². The molecule has 0 saturated heterocycles. The van der Waals surface area contributed by atoms with E-state index in [0.29, 0.717) is 18.4 Å². The van der Waals surface area contributed by atoms with E-state index in [2.05, 4.69) is 0 Å². The van der Waals surface area contributed by atoms with Gasteiger partial charge in [-0.1, -0.05) is 0 Å². The molecule has 0 aromatic heterocycles. The minimum Gasteiger partial charge on any atom is -0.459 e. The van der Waals surface area contributed by atoms with E-state index in [1.807, 2.05) is 0 Å². The fourth-order valence-electron chi connectivity index (χ4n) is 1.74. The first-order valence-corrected chi connectivity index (χ1v) is 5.58. The van der Waals surface area contributed by atoms with Crippen LogP contribution in [-0.2, 0) is 9.47 Å². The fourth-order valence-corrected chi connectivity index (χ4v) is 1.74. The van der Waals surface area contributed by atoms with Crippen molar-refractivity contribution in [2.45, 2.75) is 25.0 Å². The highest BCUT2D eigenvalue weighted by Gasteiger charge is 2.32. The van der Waals surface area contributed by atoms with Crippen LogP contribution < -0.4 is 0 Å². The molecule has 96 valence electrons. The number of benzene rings is 1. The van der Waals surface area contributed by atoms with Crippen LogP contribution in [0, 0.1) is 10.1 Å². The molecule has 1 aromatic carbocycles. The van der Waals surface area contributed by atoms with Gasteiger partial charge in [0.1, 0.15) is 6.10 Å². The van der Waals surface area contributed by atoms with Gasteiger partial charge in [-0.05, 0) is 12.1 Å². The second-order valence-electron chi connectivity index (χ2n) is 4.16. The van der Waals surface area contributed by atoms with E-state index in [-0.39, 0.29) is 17.9 Å². The highest BCUT2D eigenvalue weighted by atomic mass is 16.6. The van der Waals surface area contributed by atoms with Crippen LogP contribution >= 0.6 is 0 Å². The minimum absolute atomic E-state index is 0.0466. The number of rotatable bonds is 4. The molecule has 0 aliphatic heterocycles. The Kier molecular flexibility index (Phi) is 3.57. The third-order valence-corrected chi connectivity index (χ3v) is 2.97. The first-order chi connectivity index (χ1) is 8.60. The number of hydrogen-bond acceptors (Lipinski definition) is 5. The SMILES string of the molecule is CO[C@H]1C[C@@H](OC(=O)c2ccc([N+](=O)[O-])cc2)C1. The van der Waals surface area contributed by atoms with E-state index < -0.39 is 10.9 Å². The van der Waals surface area contributed by atoms with Crippen molar-refractivity contribution in [3.63, 3.8) is 0 Å². The van der Waals surface area contributed by atoms with Crippen LogP contribution in [-0.4, -0.2) is 30.2 Å². The highest BCUT2D eigenvalue weighted by molar-refractivity contribution is 5.89. The number of carbonyl (C=O) groups excluding carboxylic acids is 1. The van der Waals surface area contributed by atoms with Gasteiger partial charge in [0.2, 0.25) is 0 Å². The molecule has 0 heterocycles. The first-order valence-electron chi connectivity index (χ1n) is 5.58. The maximum Gasteiger partial charge on any atom is 0.338 e. The molecule has 18 heavy (non-hydrogen) atoms. The van der Waals surface area contributed by atoms with Crippen LogP contribution in [0.15, 0.2) is 24.3 Å². The van der Waals surface area contributed by atoms with E-state index in [0.717, 1.165) is 0 Å². The second kappa shape index (κ2) is 5.14. The van der Waals surface area contributed by atoms with E-state index in [1.54, 1.807) is 7.11 Å². The largest absolute Gasteiger partial charge is 0.459 e. The number of non-ortho nitro benzene ring substituents is 1. The van der Waals surface area contributed by atoms with Gasteiger partial charge in [0.25, 0.3) is 5.69 Å². The number of nitro benzene ring substituents is 1. The molecule has 0 amide bonds. The molecular weight excluding hydrogens is 238 g/mol. The molecule has 0 spiro atoms. The lowest BCUT2D eigenvalue weighted by atomic mass is 9.92. The predicted octanol–water partition coefficient (Wildman–Crippen LogP) is 1.93. The normalized spacial score (nSPS) is 22.1. The summed E-state index contributed by atoms with van der Waals surface area (Å²) in [6, 6.07) is 5.37. The number of carbonyl (C=O) groups is 1. The lowest BCUT2D eigenvalue weighted by Crippen LogP contribution is -2.38. The smallest absolute Gasteiger partial charge is 0.338 e. The van der Waals surface area contributed by atoms with Gasteiger partial charge in [-0.15, -0.1) is 0 Å². The molecule has 6 heteroatoms. The Morgan fingerprint density at radius 1 is 1.28 bits per heavy atom. The van der Waals surface area contributed by atoms with Crippen LogP contribution in [0.3, 0.4) is 0 Å². The summed E-state index contributed by atoms with van der Waals surface area (Å²) >= 11 is 0. The lowest BCUT2D eigenvalue weighted by molar-refractivity contribution is -0.384. The summed E-state index contributed by atoms with van der Waals surface area (Å²) < 4.78 is 10.3. The average molecular weight is 251 g/mol. The highest BCUT2D eigenvalue weighted by Crippen LogP contribution is 2.26. The van der Waals surface area contributed by atoms with Gasteiger partial charge >= 0.3 is 5.97 Å². The van der Waals surface area contributed by atoms with Crippen LogP contribution in [0.25, 0.3) is 0 Å². The summed E-state index contributed by atoms with van der Waals surface area (Å²) in [5.41, 5.74) is 0.274. The Hall–Kier alpha value is -1.95. The summed E-state index contributed by atoms with van der Waals surface area (Å²) in [5, 5.41) is 10.5. The molecule has 6 nitrogen and oxygen atoms in total. The van der Waals surface area contributed by atoms with Crippen molar-refractivity contribution in [1.82, 2.24) is 0 Å². The molecule has 2 rings (SSSR count). The van der Waals surface area contributed by atoms with E-state index >= 15 is 0 Å². The monoisotopic (exact) mass is 251 g/mol. The minimum atomic E-state index is -0.510. The number of ether oxygens (including phenoxy) is 2. The fraction of sp³-hybridized carbons (Fsp3) is 0.417. The Labute approximate surface area is 104 Å². The van der Waals surface area contributed by atoms with Crippen molar-refractivity contribution in [1.29, 1.82) is 0 Å². The van der Waals surface area contributed by atoms with Gasteiger partial charge < -0.3 is 9.47 Å². The molecular formula is C12H13NO5. The van der Waals surface area contributed by atoms with Gasteiger partial charge in [0.05, 0.1) is 16.6 Å². The average Bonchev–Trinajstić information content (AvgIpc) is 2.33. The quantitative estimate of drug-likeness (QED) is 0.464. The Morgan fingerprint density at radius 2 is 1.89 bits per heavy atom. The molecule has 1 aliphatic carbocycles. The summed E-state index contributed by atoms with van der Waals surface area (Å²) in [6.07, 6.45) is 1.46. The summed E-state index contributed by atoms with van der Waals surface area (Å²) in [4.78, 5) is 21.6. The number of methoxy groups -OCH3 is 1. The molecule has 0 radical (unpaired) electrons. The maximum absolute atomic E-state index is 11.7. The van der Waals surface area contributed by atoms with Crippen molar-refractivity contribution < 1.29 is 19.2 Å². The van der Waals surface area contributed by atoms with E-state index in [1.165, 1.54) is 24.3 Å². The molecule has 1 saturated carbocycles. The third-order valence-electron chi connectivity index (χ3n) is 2.97. The summed E-state index contributed by atoms with van der Waals surface area (Å²) in [5.74, 6) is -0.454. The molecule has 0 N–H and O–H groups in total. The van der Waals surface area contributed by atoms with Gasteiger partial charge in [-0.25, -0.2) is 4.79 Å². The number of hydrogen-bond donors (Lipinski definition) is 0. The molecule has 1 fully saturated rings. The third kappa shape index (κ3) is 2.65. The number of nitrogens with zero attached hydrogens (tertiary/aromatic N) is 1.